The molecule has 2 aromatic rings. The van der Waals surface area contributed by atoms with E-state index in [9.17, 15) is 9.59 Å². The number of thiophene rings is 1. The summed E-state index contributed by atoms with van der Waals surface area (Å²) in [6.07, 6.45) is 3.31. The number of carbonyl (C=O) groups is 2. The third kappa shape index (κ3) is 5.51. The molecule has 1 aliphatic rings. The second kappa shape index (κ2) is 9.30. The zero-order valence-corrected chi connectivity index (χ0v) is 17.5. The Bertz CT molecular complexity index is 826. The number of carbonyl (C=O) groups excluding carboxylic acids is 2. The van der Waals surface area contributed by atoms with Gasteiger partial charge in [-0.2, -0.15) is 0 Å². The largest absolute Gasteiger partial charge is 0.378 e. The molecule has 1 fully saturated rings. The van der Waals surface area contributed by atoms with Gasteiger partial charge in [0.2, 0.25) is 11.8 Å². The average molecular weight is 449 g/mol. The highest BCUT2D eigenvalue weighted by atomic mass is 79.9. The van der Waals surface area contributed by atoms with E-state index in [1.54, 1.807) is 29.4 Å². The lowest BCUT2D eigenvalue weighted by Crippen LogP contribution is -2.45. The van der Waals surface area contributed by atoms with Crippen molar-refractivity contribution in [2.75, 3.05) is 39.9 Å². The summed E-state index contributed by atoms with van der Waals surface area (Å²) < 4.78 is 6.29. The van der Waals surface area contributed by atoms with Gasteiger partial charge in [-0.3, -0.25) is 9.59 Å². The fraction of sp³-hybridized carbons (Fsp3) is 0.300. The van der Waals surface area contributed by atoms with Crippen molar-refractivity contribution in [1.82, 2.24) is 9.80 Å². The summed E-state index contributed by atoms with van der Waals surface area (Å²) in [7, 11) is 1.65. The van der Waals surface area contributed by atoms with Crippen molar-refractivity contribution < 1.29 is 14.3 Å². The van der Waals surface area contributed by atoms with Gasteiger partial charge in [-0.05, 0) is 35.9 Å². The lowest BCUT2D eigenvalue weighted by atomic mass is 10.2. The predicted octanol–water partition coefficient (Wildman–Crippen LogP) is 3.51. The number of ether oxygens (including phenoxy) is 1. The van der Waals surface area contributed by atoms with Gasteiger partial charge in [-0.15, -0.1) is 11.3 Å². The number of likely N-dealkylation sites (N-methyl/N-ethyl adjacent to an activating group) is 1. The van der Waals surface area contributed by atoms with E-state index >= 15 is 0 Å². The number of rotatable bonds is 5. The molecule has 1 saturated heterocycles. The van der Waals surface area contributed by atoms with Gasteiger partial charge in [0.25, 0.3) is 0 Å². The molecule has 0 unspecified atom stereocenters. The van der Waals surface area contributed by atoms with Crippen LogP contribution >= 0.6 is 27.3 Å². The van der Waals surface area contributed by atoms with Gasteiger partial charge < -0.3 is 14.5 Å². The summed E-state index contributed by atoms with van der Waals surface area (Å²) in [5.74, 6) is -0.230. The first kappa shape index (κ1) is 19.8. The molecule has 7 heteroatoms. The molecule has 1 aromatic carbocycles. The van der Waals surface area contributed by atoms with Gasteiger partial charge in [-0.25, -0.2) is 0 Å². The highest BCUT2D eigenvalue weighted by Gasteiger charge is 2.19. The van der Waals surface area contributed by atoms with Gasteiger partial charge in [-0.1, -0.05) is 28.1 Å². The Labute approximate surface area is 171 Å². The Hall–Kier alpha value is -1.96. The van der Waals surface area contributed by atoms with Crippen molar-refractivity contribution in [3.05, 3.63) is 51.8 Å². The minimum absolute atomic E-state index is 0.0452. The van der Waals surface area contributed by atoms with E-state index in [2.05, 4.69) is 28.1 Å². The van der Waals surface area contributed by atoms with E-state index < -0.39 is 0 Å². The molecule has 0 bridgehead atoms. The quantitative estimate of drug-likeness (QED) is 0.657. The minimum Gasteiger partial charge on any atom is -0.378 e. The van der Waals surface area contributed by atoms with E-state index in [1.165, 1.54) is 11.0 Å². The molecule has 5 nitrogen and oxygen atoms in total. The number of halogens is 1. The molecular weight excluding hydrogens is 428 g/mol. The van der Waals surface area contributed by atoms with E-state index in [4.69, 9.17) is 4.74 Å². The van der Waals surface area contributed by atoms with Crippen molar-refractivity contribution in [2.24, 2.45) is 0 Å². The van der Waals surface area contributed by atoms with E-state index in [0.717, 1.165) is 19.8 Å². The average Bonchev–Trinajstić information content (AvgIpc) is 3.16. The first-order valence-electron chi connectivity index (χ1n) is 8.67. The maximum Gasteiger partial charge on any atom is 0.246 e. The Morgan fingerprint density at radius 2 is 1.89 bits per heavy atom. The van der Waals surface area contributed by atoms with Gasteiger partial charge >= 0.3 is 0 Å². The SMILES string of the molecule is CN(CC(=O)N1CCOCC1)C(=O)C=Cc1ccc(-c2ccc(Br)cc2)s1. The lowest BCUT2D eigenvalue weighted by molar-refractivity contribution is -0.140. The summed E-state index contributed by atoms with van der Waals surface area (Å²) in [6.45, 7) is 2.37. The highest BCUT2D eigenvalue weighted by molar-refractivity contribution is 9.10. The molecule has 1 aromatic heterocycles. The third-order valence-corrected chi connectivity index (χ3v) is 5.89. The van der Waals surface area contributed by atoms with Crippen LogP contribution in [-0.4, -0.2) is 61.5 Å². The van der Waals surface area contributed by atoms with Crippen LogP contribution in [0.25, 0.3) is 16.5 Å². The molecule has 0 saturated carbocycles. The number of amides is 2. The Kier molecular flexibility index (Phi) is 6.82. The smallest absolute Gasteiger partial charge is 0.246 e. The van der Waals surface area contributed by atoms with E-state index in [0.29, 0.717) is 26.3 Å². The Balaban J connectivity index is 1.56. The highest BCUT2D eigenvalue weighted by Crippen LogP contribution is 2.29. The van der Waals surface area contributed by atoms with Crippen molar-refractivity contribution in [3.8, 4) is 10.4 Å². The first-order valence-corrected chi connectivity index (χ1v) is 10.3. The van der Waals surface area contributed by atoms with Gasteiger partial charge in [0.05, 0.1) is 19.8 Å². The molecule has 0 aliphatic carbocycles. The Morgan fingerprint density at radius 1 is 1.19 bits per heavy atom. The van der Waals surface area contributed by atoms with Crippen LogP contribution in [0.4, 0.5) is 0 Å². The van der Waals surface area contributed by atoms with Crippen molar-refractivity contribution in [3.63, 3.8) is 0 Å². The summed E-state index contributed by atoms with van der Waals surface area (Å²) in [6, 6.07) is 12.2. The monoisotopic (exact) mass is 448 g/mol. The van der Waals surface area contributed by atoms with Crippen LogP contribution in [0.3, 0.4) is 0 Å². The van der Waals surface area contributed by atoms with Crippen LogP contribution in [0.2, 0.25) is 0 Å². The van der Waals surface area contributed by atoms with E-state index in [1.807, 2.05) is 24.3 Å². The number of nitrogens with zero attached hydrogens (tertiary/aromatic N) is 2. The normalized spacial score (nSPS) is 14.5. The van der Waals surface area contributed by atoms with Crippen molar-refractivity contribution >= 4 is 45.2 Å². The molecule has 0 N–H and O–H groups in total. The zero-order valence-electron chi connectivity index (χ0n) is 15.1. The third-order valence-electron chi connectivity index (χ3n) is 4.26. The van der Waals surface area contributed by atoms with Crippen LogP contribution in [0.1, 0.15) is 4.88 Å². The van der Waals surface area contributed by atoms with Gasteiger partial charge in [0.15, 0.2) is 0 Å². The zero-order chi connectivity index (χ0) is 19.2. The van der Waals surface area contributed by atoms with Crippen LogP contribution in [-0.2, 0) is 14.3 Å². The molecule has 0 atom stereocenters. The number of hydrogen-bond acceptors (Lipinski definition) is 4. The topological polar surface area (TPSA) is 49.9 Å². The maximum atomic E-state index is 12.3. The minimum atomic E-state index is -0.185. The molecule has 0 radical (unpaired) electrons. The molecule has 3 rings (SSSR count). The molecule has 2 amide bonds. The van der Waals surface area contributed by atoms with Crippen molar-refractivity contribution in [2.45, 2.75) is 0 Å². The number of morpholine rings is 1. The standard InChI is InChI=1S/C20H21BrN2O3S/c1-22(14-20(25)23-10-12-26-13-11-23)19(24)9-7-17-6-8-18(27-17)15-2-4-16(21)5-3-15/h2-9H,10-14H2,1H3. The fourth-order valence-corrected chi connectivity index (χ4v) is 3.87. The summed E-state index contributed by atoms with van der Waals surface area (Å²) in [4.78, 5) is 29.8. The Morgan fingerprint density at radius 3 is 2.59 bits per heavy atom. The summed E-state index contributed by atoms with van der Waals surface area (Å²) in [5.41, 5.74) is 1.14. The second-order valence-electron chi connectivity index (χ2n) is 6.23. The molecule has 27 heavy (non-hydrogen) atoms. The van der Waals surface area contributed by atoms with Crippen LogP contribution < -0.4 is 0 Å². The van der Waals surface area contributed by atoms with Gasteiger partial charge in [0.1, 0.15) is 0 Å². The first-order chi connectivity index (χ1) is 13.0. The second-order valence-corrected chi connectivity index (χ2v) is 8.26. The molecule has 2 heterocycles. The van der Waals surface area contributed by atoms with Crippen LogP contribution in [0.5, 0.6) is 0 Å². The molecule has 0 spiro atoms. The van der Waals surface area contributed by atoms with Crippen molar-refractivity contribution in [1.29, 1.82) is 0 Å². The molecule has 142 valence electrons. The fourth-order valence-electron chi connectivity index (χ4n) is 2.69. The predicted molar refractivity (Wildman–Crippen MR) is 112 cm³/mol. The maximum absolute atomic E-state index is 12.3. The van der Waals surface area contributed by atoms with Crippen LogP contribution in [0, 0.1) is 0 Å². The van der Waals surface area contributed by atoms with Crippen LogP contribution in [0.15, 0.2) is 46.9 Å². The number of hydrogen-bond donors (Lipinski definition) is 0. The molecule has 1 aliphatic heterocycles. The summed E-state index contributed by atoms with van der Waals surface area (Å²) in [5, 5.41) is 0. The van der Waals surface area contributed by atoms with Gasteiger partial charge in [0, 0.05) is 40.4 Å². The molecular formula is C20H21BrN2O3S. The van der Waals surface area contributed by atoms with E-state index in [-0.39, 0.29) is 18.4 Å². The lowest BCUT2D eigenvalue weighted by Gasteiger charge is -2.28. The summed E-state index contributed by atoms with van der Waals surface area (Å²) >= 11 is 5.06. The number of benzene rings is 1.